The fraction of sp³-hybridized carbons (Fsp3) is 0.235. The van der Waals surface area contributed by atoms with Crippen LogP contribution in [0.2, 0.25) is 0 Å². The number of rotatable bonds is 6. The topological polar surface area (TPSA) is 73.1 Å². The summed E-state index contributed by atoms with van der Waals surface area (Å²) >= 11 is 1.15. The van der Waals surface area contributed by atoms with Crippen molar-refractivity contribution in [2.24, 2.45) is 0 Å². The summed E-state index contributed by atoms with van der Waals surface area (Å²) in [6.07, 6.45) is -1.13. The minimum absolute atomic E-state index is 0.0195. The number of benzene rings is 2. The predicted molar refractivity (Wildman–Crippen MR) is 92.5 cm³/mol. The number of ether oxygens (including phenoxy) is 1. The number of aromatic nitrogens is 4. The molecule has 9 heteroatoms. The van der Waals surface area contributed by atoms with Gasteiger partial charge in [0.25, 0.3) is 0 Å². The zero-order valence-corrected chi connectivity index (χ0v) is 14.9. The Morgan fingerprint density at radius 3 is 2.77 bits per heavy atom. The highest BCUT2D eigenvalue weighted by Crippen LogP contribution is 2.29. The molecule has 1 heterocycles. The monoisotopic (exact) mass is 378 g/mol. The fourth-order valence-corrected chi connectivity index (χ4v) is 3.24. The average molecular weight is 378 g/mol. The summed E-state index contributed by atoms with van der Waals surface area (Å²) in [6, 6.07) is 8.65. The largest absolute Gasteiger partial charge is 0.494 e. The maximum atomic E-state index is 13.8. The van der Waals surface area contributed by atoms with Crippen LogP contribution < -0.4 is 4.74 Å². The number of hydrogen-bond acceptors (Lipinski definition) is 6. The van der Waals surface area contributed by atoms with Crippen LogP contribution in [-0.4, -0.2) is 38.2 Å². The van der Waals surface area contributed by atoms with Crippen molar-refractivity contribution >= 4 is 11.8 Å². The lowest BCUT2D eigenvalue weighted by atomic mass is 10.1. The van der Waals surface area contributed by atoms with E-state index in [1.165, 1.54) is 10.7 Å². The third kappa shape index (κ3) is 3.83. The molecule has 0 radical (unpaired) electrons. The summed E-state index contributed by atoms with van der Waals surface area (Å²) in [5.41, 5.74) is 1.68. The van der Waals surface area contributed by atoms with Gasteiger partial charge in [0.2, 0.25) is 5.16 Å². The third-order valence-corrected chi connectivity index (χ3v) is 4.69. The molecule has 1 atom stereocenters. The smallest absolute Gasteiger partial charge is 0.214 e. The van der Waals surface area contributed by atoms with Crippen LogP contribution >= 0.6 is 11.8 Å². The number of nitrogens with zero attached hydrogens (tertiary/aromatic N) is 4. The van der Waals surface area contributed by atoms with Crippen LogP contribution in [-0.2, 0) is 0 Å². The maximum absolute atomic E-state index is 13.8. The minimum atomic E-state index is -1.13. The zero-order valence-electron chi connectivity index (χ0n) is 14.1. The third-order valence-electron chi connectivity index (χ3n) is 3.70. The lowest BCUT2D eigenvalue weighted by Gasteiger charge is -2.13. The van der Waals surface area contributed by atoms with Crippen LogP contribution in [0.1, 0.15) is 17.2 Å². The molecule has 0 spiro atoms. The van der Waals surface area contributed by atoms with E-state index in [-0.39, 0.29) is 11.3 Å². The molecule has 136 valence electrons. The Kier molecular flexibility index (Phi) is 5.48. The van der Waals surface area contributed by atoms with Crippen LogP contribution in [0.25, 0.3) is 5.69 Å². The standard InChI is InChI=1S/C17H16F2N4O2S/c1-10-3-6-16(25-2)14(7-10)23-17(20-21-22-23)26-9-15(24)12-5-4-11(18)8-13(12)19/h3-8,15,24H,9H2,1-2H3. The summed E-state index contributed by atoms with van der Waals surface area (Å²) in [5, 5.41) is 22.2. The molecule has 0 saturated heterocycles. The lowest BCUT2D eigenvalue weighted by Crippen LogP contribution is -2.06. The Morgan fingerprint density at radius 2 is 2.04 bits per heavy atom. The molecule has 0 amide bonds. The van der Waals surface area contributed by atoms with Crippen molar-refractivity contribution in [3.63, 3.8) is 0 Å². The average Bonchev–Trinajstić information content (AvgIpc) is 3.08. The van der Waals surface area contributed by atoms with Crippen molar-refractivity contribution in [1.82, 2.24) is 20.2 Å². The quantitative estimate of drug-likeness (QED) is 0.665. The molecule has 3 aromatic rings. The summed E-state index contributed by atoms with van der Waals surface area (Å²) in [7, 11) is 1.55. The fourth-order valence-electron chi connectivity index (χ4n) is 2.40. The molecule has 26 heavy (non-hydrogen) atoms. The van der Waals surface area contributed by atoms with E-state index in [1.54, 1.807) is 7.11 Å². The van der Waals surface area contributed by atoms with Gasteiger partial charge in [0.05, 0.1) is 13.2 Å². The van der Waals surface area contributed by atoms with E-state index >= 15 is 0 Å². The molecule has 6 nitrogen and oxygen atoms in total. The van der Waals surface area contributed by atoms with Gasteiger partial charge < -0.3 is 9.84 Å². The molecule has 0 aliphatic carbocycles. The van der Waals surface area contributed by atoms with E-state index in [9.17, 15) is 13.9 Å². The molecule has 1 aromatic heterocycles. The SMILES string of the molecule is COc1ccc(C)cc1-n1nnnc1SCC(O)c1ccc(F)cc1F. The second-order valence-electron chi connectivity index (χ2n) is 5.54. The summed E-state index contributed by atoms with van der Waals surface area (Å²) in [4.78, 5) is 0. The van der Waals surface area contributed by atoms with Gasteiger partial charge in [-0.1, -0.05) is 23.9 Å². The highest BCUT2D eigenvalue weighted by Gasteiger charge is 2.18. The Hall–Kier alpha value is -2.52. The number of aryl methyl sites for hydroxylation is 1. The van der Waals surface area contributed by atoms with Crippen molar-refractivity contribution in [1.29, 1.82) is 0 Å². The van der Waals surface area contributed by atoms with Crippen LogP contribution in [0.4, 0.5) is 8.78 Å². The number of tetrazole rings is 1. The van der Waals surface area contributed by atoms with Crippen molar-refractivity contribution in [2.75, 3.05) is 12.9 Å². The lowest BCUT2D eigenvalue weighted by molar-refractivity contribution is 0.198. The summed E-state index contributed by atoms with van der Waals surface area (Å²) < 4.78 is 33.6. The number of aliphatic hydroxyl groups is 1. The van der Waals surface area contributed by atoms with Crippen LogP contribution in [0.5, 0.6) is 5.75 Å². The molecule has 0 aliphatic heterocycles. The maximum Gasteiger partial charge on any atom is 0.214 e. The Labute approximate surface area is 152 Å². The second-order valence-corrected chi connectivity index (χ2v) is 6.53. The molecule has 0 saturated carbocycles. The molecule has 1 unspecified atom stereocenters. The Morgan fingerprint density at radius 1 is 1.23 bits per heavy atom. The van der Waals surface area contributed by atoms with Gasteiger partial charge in [-0.05, 0) is 41.1 Å². The van der Waals surface area contributed by atoms with Crippen LogP contribution in [0.15, 0.2) is 41.6 Å². The first-order valence-corrected chi connectivity index (χ1v) is 8.67. The Balaban J connectivity index is 1.81. The van der Waals surface area contributed by atoms with E-state index in [4.69, 9.17) is 4.74 Å². The first-order valence-electron chi connectivity index (χ1n) is 7.69. The molecule has 0 aliphatic rings. The van der Waals surface area contributed by atoms with Crippen LogP contribution in [0.3, 0.4) is 0 Å². The number of halogens is 2. The predicted octanol–water partition coefficient (Wildman–Crippen LogP) is 3.08. The first kappa shape index (κ1) is 18.3. The minimum Gasteiger partial charge on any atom is -0.494 e. The highest BCUT2D eigenvalue weighted by molar-refractivity contribution is 7.99. The Bertz CT molecular complexity index is 920. The van der Waals surface area contributed by atoms with Gasteiger partial charge in [0.15, 0.2) is 0 Å². The van der Waals surface area contributed by atoms with Gasteiger partial charge in [0.1, 0.15) is 23.1 Å². The summed E-state index contributed by atoms with van der Waals surface area (Å²) in [6.45, 7) is 1.93. The molecule has 0 bridgehead atoms. The molecule has 3 rings (SSSR count). The number of aliphatic hydroxyl groups excluding tert-OH is 1. The molecular formula is C17H16F2N4O2S. The van der Waals surface area contributed by atoms with Gasteiger partial charge in [0, 0.05) is 17.4 Å². The number of methoxy groups -OCH3 is 1. The van der Waals surface area contributed by atoms with Crippen molar-refractivity contribution < 1.29 is 18.6 Å². The normalized spacial score (nSPS) is 12.2. The molecule has 1 N–H and O–H groups in total. The van der Waals surface area contributed by atoms with Gasteiger partial charge in [-0.3, -0.25) is 0 Å². The van der Waals surface area contributed by atoms with E-state index in [1.807, 2.05) is 25.1 Å². The van der Waals surface area contributed by atoms with Crippen molar-refractivity contribution in [3.05, 3.63) is 59.2 Å². The van der Waals surface area contributed by atoms with Crippen LogP contribution in [0, 0.1) is 18.6 Å². The second kappa shape index (κ2) is 7.79. The van der Waals surface area contributed by atoms with E-state index in [0.717, 1.165) is 29.5 Å². The van der Waals surface area contributed by atoms with Gasteiger partial charge >= 0.3 is 0 Å². The first-order chi connectivity index (χ1) is 12.5. The molecule has 0 fully saturated rings. The van der Waals surface area contributed by atoms with Gasteiger partial charge in [-0.15, -0.1) is 5.10 Å². The van der Waals surface area contributed by atoms with Crippen molar-refractivity contribution in [2.45, 2.75) is 18.2 Å². The van der Waals surface area contributed by atoms with Crippen molar-refractivity contribution in [3.8, 4) is 11.4 Å². The molecular weight excluding hydrogens is 362 g/mol. The van der Waals surface area contributed by atoms with E-state index < -0.39 is 17.7 Å². The number of thioether (sulfide) groups is 1. The number of hydrogen-bond donors (Lipinski definition) is 1. The summed E-state index contributed by atoms with van der Waals surface area (Å²) in [5.74, 6) is -0.800. The van der Waals surface area contributed by atoms with Gasteiger partial charge in [-0.25, -0.2) is 8.78 Å². The van der Waals surface area contributed by atoms with E-state index in [2.05, 4.69) is 15.5 Å². The van der Waals surface area contributed by atoms with E-state index in [0.29, 0.717) is 16.6 Å². The van der Waals surface area contributed by atoms with Gasteiger partial charge in [-0.2, -0.15) is 4.68 Å². The zero-order chi connectivity index (χ0) is 18.7. The molecule has 2 aromatic carbocycles. The highest BCUT2D eigenvalue weighted by atomic mass is 32.2.